The lowest BCUT2D eigenvalue weighted by Gasteiger charge is -2.32. The topological polar surface area (TPSA) is 66.9 Å². The van der Waals surface area contributed by atoms with Gasteiger partial charge in [0.25, 0.3) is 5.91 Å². The molecule has 174 valence electrons. The summed E-state index contributed by atoms with van der Waals surface area (Å²) in [7, 11) is 1.71. The summed E-state index contributed by atoms with van der Waals surface area (Å²) in [5, 5.41) is 0. The number of esters is 1. The molecule has 1 saturated carbocycles. The Hall–Kier alpha value is -3.15. The van der Waals surface area contributed by atoms with Gasteiger partial charge in [0.15, 0.2) is 6.61 Å². The van der Waals surface area contributed by atoms with Crippen LogP contribution in [0.25, 0.3) is 0 Å². The number of para-hydroxylation sites is 1. The molecule has 1 heterocycles. The number of carbonyl (C=O) groups excluding carboxylic acids is 3. The maximum atomic E-state index is 13.4. The predicted molar refractivity (Wildman–Crippen MR) is 127 cm³/mol. The average Bonchev–Trinajstić information content (AvgIpc) is 3.27. The maximum Gasteiger partial charge on any atom is 0.310 e. The second-order valence-electron chi connectivity index (χ2n) is 9.15. The molecule has 0 N–H and O–H groups in total. The van der Waals surface area contributed by atoms with Crippen LogP contribution in [-0.4, -0.2) is 42.9 Å². The van der Waals surface area contributed by atoms with Crippen molar-refractivity contribution in [1.82, 2.24) is 4.90 Å². The van der Waals surface area contributed by atoms with Gasteiger partial charge < -0.3 is 14.5 Å². The van der Waals surface area contributed by atoms with Crippen molar-refractivity contribution >= 4 is 23.5 Å². The number of amides is 2. The van der Waals surface area contributed by atoms with Crippen LogP contribution in [0, 0.1) is 18.8 Å². The molecule has 0 radical (unpaired) electrons. The van der Waals surface area contributed by atoms with Crippen LogP contribution in [0.2, 0.25) is 0 Å². The normalized spacial score (nSPS) is 19.6. The first-order valence-corrected chi connectivity index (χ1v) is 11.8. The molecule has 2 unspecified atom stereocenters. The molecule has 1 fully saturated rings. The maximum absolute atomic E-state index is 13.4. The molecule has 2 amide bonds. The number of hydrogen-bond donors (Lipinski definition) is 0. The number of fused-ring (bicyclic) bond motifs is 1. The lowest BCUT2D eigenvalue weighted by Crippen LogP contribution is -2.43. The highest BCUT2D eigenvalue weighted by molar-refractivity contribution is 5.99. The fraction of sp³-hybridized carbons (Fsp3) is 0.444. The van der Waals surface area contributed by atoms with Crippen LogP contribution in [0.5, 0.6) is 0 Å². The van der Waals surface area contributed by atoms with Gasteiger partial charge in [0.1, 0.15) is 0 Å². The Kier molecular flexibility index (Phi) is 7.11. The Labute approximate surface area is 195 Å². The lowest BCUT2D eigenvalue weighted by molar-refractivity contribution is -0.159. The smallest absolute Gasteiger partial charge is 0.310 e. The van der Waals surface area contributed by atoms with Gasteiger partial charge in [0, 0.05) is 25.8 Å². The molecule has 0 bridgehead atoms. The number of carbonyl (C=O) groups is 3. The second kappa shape index (κ2) is 10.2. The van der Waals surface area contributed by atoms with Gasteiger partial charge in [-0.05, 0) is 48.9 Å². The molecule has 1 aliphatic heterocycles. The lowest BCUT2D eigenvalue weighted by atomic mass is 9.78. The van der Waals surface area contributed by atoms with Crippen molar-refractivity contribution in [3.63, 3.8) is 0 Å². The standard InChI is InChI=1S/C27H32N2O4/c1-19-9-3-4-11-21(19)17-28(2)25(30)18-33-27(32)23-13-7-6-12-22(23)26(31)29-16-15-20-10-5-8-14-24(20)29/h3-5,8-11,14,22-23H,6-7,12-13,15-18H2,1-2H3. The van der Waals surface area contributed by atoms with E-state index in [0.29, 0.717) is 25.9 Å². The van der Waals surface area contributed by atoms with E-state index in [-0.39, 0.29) is 18.4 Å². The number of nitrogens with zero attached hydrogens (tertiary/aromatic N) is 2. The zero-order chi connectivity index (χ0) is 23.4. The minimum Gasteiger partial charge on any atom is -0.455 e. The molecule has 6 heteroatoms. The van der Waals surface area contributed by atoms with E-state index in [9.17, 15) is 14.4 Å². The minimum absolute atomic E-state index is 0.00426. The van der Waals surface area contributed by atoms with E-state index in [1.807, 2.05) is 60.4 Å². The Morgan fingerprint density at radius 1 is 1.00 bits per heavy atom. The van der Waals surface area contributed by atoms with Gasteiger partial charge in [-0.15, -0.1) is 0 Å². The summed E-state index contributed by atoms with van der Waals surface area (Å²) in [6.45, 7) is 2.82. The van der Waals surface area contributed by atoms with Crippen LogP contribution in [0.1, 0.15) is 42.4 Å². The third kappa shape index (κ3) is 5.10. The Bertz CT molecular complexity index is 1030. The van der Waals surface area contributed by atoms with Gasteiger partial charge in [-0.25, -0.2) is 0 Å². The summed E-state index contributed by atoms with van der Waals surface area (Å²) >= 11 is 0. The summed E-state index contributed by atoms with van der Waals surface area (Å²) in [5.41, 5.74) is 4.29. The highest BCUT2D eigenvalue weighted by atomic mass is 16.5. The summed E-state index contributed by atoms with van der Waals surface area (Å²) in [5.74, 6) is -1.56. The van der Waals surface area contributed by atoms with Crippen molar-refractivity contribution in [2.45, 2.75) is 45.6 Å². The quantitative estimate of drug-likeness (QED) is 0.629. The van der Waals surface area contributed by atoms with Crippen molar-refractivity contribution in [3.05, 3.63) is 65.2 Å². The van der Waals surface area contributed by atoms with E-state index in [0.717, 1.165) is 36.1 Å². The molecular weight excluding hydrogens is 416 g/mol. The van der Waals surface area contributed by atoms with E-state index in [4.69, 9.17) is 4.74 Å². The van der Waals surface area contributed by atoms with Crippen molar-refractivity contribution in [2.24, 2.45) is 11.8 Å². The predicted octanol–water partition coefficient (Wildman–Crippen LogP) is 3.89. The van der Waals surface area contributed by atoms with E-state index in [2.05, 4.69) is 0 Å². The van der Waals surface area contributed by atoms with Gasteiger partial charge in [-0.3, -0.25) is 14.4 Å². The molecule has 33 heavy (non-hydrogen) atoms. The van der Waals surface area contributed by atoms with Crippen LogP contribution in [0.4, 0.5) is 5.69 Å². The average molecular weight is 449 g/mol. The largest absolute Gasteiger partial charge is 0.455 e. The monoisotopic (exact) mass is 448 g/mol. The molecule has 4 rings (SSSR count). The zero-order valence-corrected chi connectivity index (χ0v) is 19.5. The Morgan fingerprint density at radius 3 is 2.48 bits per heavy atom. The van der Waals surface area contributed by atoms with Gasteiger partial charge in [0.05, 0.1) is 11.8 Å². The number of ether oxygens (including phenoxy) is 1. The Morgan fingerprint density at radius 2 is 1.70 bits per heavy atom. The zero-order valence-electron chi connectivity index (χ0n) is 19.5. The first-order valence-electron chi connectivity index (χ1n) is 11.8. The van der Waals surface area contributed by atoms with Gasteiger partial charge >= 0.3 is 5.97 Å². The van der Waals surface area contributed by atoms with Crippen molar-refractivity contribution in [2.75, 3.05) is 25.1 Å². The van der Waals surface area contributed by atoms with E-state index in [1.165, 1.54) is 5.56 Å². The molecule has 0 saturated heterocycles. The van der Waals surface area contributed by atoms with Crippen LogP contribution >= 0.6 is 0 Å². The molecule has 0 aromatic heterocycles. The number of likely N-dealkylation sites (N-methyl/N-ethyl adjacent to an activating group) is 1. The molecule has 2 aromatic rings. The molecule has 0 spiro atoms. The van der Waals surface area contributed by atoms with Crippen LogP contribution in [0.3, 0.4) is 0 Å². The molecule has 2 aliphatic rings. The van der Waals surface area contributed by atoms with Crippen LogP contribution < -0.4 is 4.90 Å². The SMILES string of the molecule is Cc1ccccc1CN(C)C(=O)COC(=O)C1CCCCC1C(=O)N1CCc2ccccc21. The summed E-state index contributed by atoms with van der Waals surface area (Å²) in [4.78, 5) is 42.3. The van der Waals surface area contributed by atoms with E-state index < -0.39 is 17.8 Å². The second-order valence-corrected chi connectivity index (χ2v) is 9.15. The molecule has 1 aliphatic carbocycles. The summed E-state index contributed by atoms with van der Waals surface area (Å²) < 4.78 is 5.44. The molecular formula is C27H32N2O4. The van der Waals surface area contributed by atoms with E-state index in [1.54, 1.807) is 11.9 Å². The first kappa shape index (κ1) is 23.0. The highest BCUT2D eigenvalue weighted by Crippen LogP contribution is 2.36. The summed E-state index contributed by atoms with van der Waals surface area (Å²) in [6.07, 6.45) is 3.96. The fourth-order valence-electron chi connectivity index (χ4n) is 4.96. The van der Waals surface area contributed by atoms with Crippen LogP contribution in [0.15, 0.2) is 48.5 Å². The summed E-state index contributed by atoms with van der Waals surface area (Å²) in [6, 6.07) is 15.8. The van der Waals surface area contributed by atoms with Gasteiger partial charge in [-0.2, -0.15) is 0 Å². The fourth-order valence-corrected chi connectivity index (χ4v) is 4.96. The number of aryl methyl sites for hydroxylation is 1. The molecule has 2 aromatic carbocycles. The third-order valence-corrected chi connectivity index (χ3v) is 6.97. The van der Waals surface area contributed by atoms with E-state index >= 15 is 0 Å². The van der Waals surface area contributed by atoms with Crippen molar-refractivity contribution in [3.8, 4) is 0 Å². The van der Waals surface area contributed by atoms with Gasteiger partial charge in [-0.1, -0.05) is 55.3 Å². The Balaban J connectivity index is 1.36. The number of anilines is 1. The number of hydrogen-bond acceptors (Lipinski definition) is 4. The highest BCUT2D eigenvalue weighted by Gasteiger charge is 2.40. The molecule has 6 nitrogen and oxygen atoms in total. The number of rotatable bonds is 6. The third-order valence-electron chi connectivity index (χ3n) is 6.97. The van der Waals surface area contributed by atoms with Crippen molar-refractivity contribution in [1.29, 1.82) is 0 Å². The first-order chi connectivity index (χ1) is 16.0. The van der Waals surface area contributed by atoms with Gasteiger partial charge in [0.2, 0.25) is 5.91 Å². The molecule has 2 atom stereocenters. The minimum atomic E-state index is -0.492. The van der Waals surface area contributed by atoms with Crippen molar-refractivity contribution < 1.29 is 19.1 Å². The number of benzene rings is 2. The van der Waals surface area contributed by atoms with Crippen LogP contribution in [-0.2, 0) is 32.1 Å².